The van der Waals surface area contributed by atoms with Crippen molar-refractivity contribution in [2.24, 2.45) is 5.41 Å². The predicted octanol–water partition coefficient (Wildman–Crippen LogP) is 6.28. The Bertz CT molecular complexity index is 692. The van der Waals surface area contributed by atoms with Gasteiger partial charge in [-0.2, -0.15) is 0 Å². The molecule has 0 aliphatic rings. The van der Waals surface area contributed by atoms with Crippen molar-refractivity contribution in [3.8, 4) is 0 Å². The van der Waals surface area contributed by atoms with Crippen molar-refractivity contribution in [3.63, 3.8) is 0 Å². The molecule has 2 aromatic rings. The summed E-state index contributed by atoms with van der Waals surface area (Å²) in [7, 11) is -2.41. The van der Waals surface area contributed by atoms with Crippen LogP contribution < -0.4 is 10.4 Å². The summed E-state index contributed by atoms with van der Waals surface area (Å²) in [5.74, 6) is 0. The minimum absolute atomic E-state index is 0.0320. The molecule has 0 heterocycles. The van der Waals surface area contributed by atoms with Gasteiger partial charge in [0.25, 0.3) is 8.32 Å². The van der Waals surface area contributed by atoms with E-state index in [1.807, 2.05) is 0 Å². The van der Waals surface area contributed by atoms with Crippen LogP contribution in [0.25, 0.3) is 0 Å². The lowest BCUT2D eigenvalue weighted by atomic mass is 9.88. The fraction of sp³-hybridized carbons (Fsp3) is 0.417. The second-order valence-electron chi connectivity index (χ2n) is 8.90. The third-order valence-corrected chi connectivity index (χ3v) is 11.5. The summed E-state index contributed by atoms with van der Waals surface area (Å²) in [6, 6.07) is 21.7. The maximum Gasteiger partial charge on any atom is 0.261 e. The van der Waals surface area contributed by atoms with Crippen LogP contribution in [0.15, 0.2) is 71.7 Å². The van der Waals surface area contributed by atoms with Crippen LogP contribution in [0.4, 0.5) is 0 Å². The normalized spacial score (nSPS) is 12.8. The van der Waals surface area contributed by atoms with Gasteiger partial charge in [-0.1, -0.05) is 118 Å². The van der Waals surface area contributed by atoms with Crippen LogP contribution in [0.5, 0.6) is 0 Å². The molecule has 146 valence electrons. The van der Waals surface area contributed by atoms with Crippen LogP contribution >= 0.6 is 15.9 Å². The van der Waals surface area contributed by atoms with Gasteiger partial charge in [-0.25, -0.2) is 0 Å². The Labute approximate surface area is 175 Å². The number of allylic oxidation sites excluding steroid dienone is 1. The quantitative estimate of drug-likeness (QED) is 0.343. The van der Waals surface area contributed by atoms with Gasteiger partial charge in [0.15, 0.2) is 0 Å². The number of halogens is 1. The van der Waals surface area contributed by atoms with Gasteiger partial charge in [0, 0.05) is 6.61 Å². The lowest BCUT2D eigenvalue weighted by Crippen LogP contribution is -2.66. The van der Waals surface area contributed by atoms with Crippen LogP contribution in [0.1, 0.15) is 47.5 Å². The SMILES string of the molecule is C=C(Br)C(C)(C)CCCO[Si](c1ccccc1)(c1ccccc1)C(C)(C)C. The Hall–Kier alpha value is -1.16. The molecule has 0 N–H and O–H groups in total. The summed E-state index contributed by atoms with van der Waals surface area (Å²) in [5, 5.41) is 2.71. The minimum atomic E-state index is -2.41. The Morgan fingerprint density at radius 3 is 1.70 bits per heavy atom. The Morgan fingerprint density at radius 1 is 0.889 bits per heavy atom. The molecule has 0 radical (unpaired) electrons. The molecule has 0 aliphatic carbocycles. The standard InChI is InChI=1S/C24H33BrOSi/c1-20(25)24(5,6)18-13-19-26-27(23(2,3)4,21-14-9-7-10-15-21)22-16-11-8-12-17-22/h7-12,14-17H,1,13,18-19H2,2-6H3. The molecule has 0 saturated carbocycles. The van der Waals surface area contributed by atoms with Gasteiger partial charge in [-0.3, -0.25) is 0 Å². The van der Waals surface area contributed by atoms with Crippen molar-refractivity contribution in [1.82, 2.24) is 0 Å². The molecule has 0 aromatic heterocycles. The molecule has 27 heavy (non-hydrogen) atoms. The summed E-state index contributed by atoms with van der Waals surface area (Å²) < 4.78 is 7.99. The molecule has 2 aromatic carbocycles. The summed E-state index contributed by atoms with van der Waals surface area (Å²) in [4.78, 5) is 0. The number of benzene rings is 2. The van der Waals surface area contributed by atoms with Crippen molar-refractivity contribution >= 4 is 34.6 Å². The van der Waals surface area contributed by atoms with E-state index in [1.165, 1.54) is 10.4 Å². The minimum Gasteiger partial charge on any atom is -0.407 e. The van der Waals surface area contributed by atoms with E-state index in [0.717, 1.165) is 23.9 Å². The van der Waals surface area contributed by atoms with Crippen molar-refractivity contribution in [3.05, 3.63) is 71.7 Å². The van der Waals surface area contributed by atoms with E-state index < -0.39 is 8.32 Å². The zero-order valence-electron chi connectivity index (χ0n) is 17.4. The highest BCUT2D eigenvalue weighted by Crippen LogP contribution is 2.38. The predicted molar refractivity (Wildman–Crippen MR) is 125 cm³/mol. The molecule has 0 amide bonds. The second kappa shape index (κ2) is 8.89. The lowest BCUT2D eigenvalue weighted by Gasteiger charge is -2.43. The van der Waals surface area contributed by atoms with Gasteiger partial charge in [-0.05, 0) is 38.2 Å². The molecule has 0 atom stereocenters. The van der Waals surface area contributed by atoms with Crippen LogP contribution in [0.3, 0.4) is 0 Å². The highest BCUT2D eigenvalue weighted by molar-refractivity contribution is 9.11. The van der Waals surface area contributed by atoms with E-state index >= 15 is 0 Å². The maximum atomic E-state index is 6.94. The summed E-state index contributed by atoms with van der Waals surface area (Å²) in [5.41, 5.74) is 0.0782. The highest BCUT2D eigenvalue weighted by atomic mass is 79.9. The van der Waals surface area contributed by atoms with Crippen LogP contribution in [-0.4, -0.2) is 14.9 Å². The highest BCUT2D eigenvalue weighted by Gasteiger charge is 2.49. The maximum absolute atomic E-state index is 6.94. The summed E-state index contributed by atoms with van der Waals surface area (Å²) in [6.45, 7) is 16.3. The van der Waals surface area contributed by atoms with E-state index in [2.05, 4.69) is 118 Å². The fourth-order valence-corrected chi connectivity index (χ4v) is 8.44. The molecule has 0 fully saturated rings. The molecule has 1 nitrogen and oxygen atoms in total. The van der Waals surface area contributed by atoms with Gasteiger partial charge < -0.3 is 4.43 Å². The van der Waals surface area contributed by atoms with Crippen LogP contribution in [0.2, 0.25) is 5.04 Å². The summed E-state index contributed by atoms with van der Waals surface area (Å²) >= 11 is 3.57. The zero-order chi connectivity index (χ0) is 20.1. The van der Waals surface area contributed by atoms with Crippen molar-refractivity contribution in [1.29, 1.82) is 0 Å². The first kappa shape index (κ1) is 22.1. The van der Waals surface area contributed by atoms with Gasteiger partial charge in [0.05, 0.1) is 0 Å². The van der Waals surface area contributed by atoms with Gasteiger partial charge >= 0.3 is 0 Å². The molecule has 0 saturated heterocycles. The molecule has 2 rings (SSSR count). The summed E-state index contributed by atoms with van der Waals surface area (Å²) in [6.07, 6.45) is 2.07. The van der Waals surface area contributed by atoms with Crippen LogP contribution in [0, 0.1) is 5.41 Å². The van der Waals surface area contributed by atoms with Crippen molar-refractivity contribution in [2.75, 3.05) is 6.61 Å². The zero-order valence-corrected chi connectivity index (χ0v) is 20.0. The smallest absolute Gasteiger partial charge is 0.261 e. The molecule has 0 bridgehead atoms. The Kier molecular flexibility index (Phi) is 7.29. The average Bonchev–Trinajstić information content (AvgIpc) is 2.62. The van der Waals surface area contributed by atoms with Crippen LogP contribution in [-0.2, 0) is 4.43 Å². The molecule has 0 spiro atoms. The first-order valence-electron chi connectivity index (χ1n) is 9.71. The molecule has 3 heteroatoms. The number of hydrogen-bond acceptors (Lipinski definition) is 1. The largest absolute Gasteiger partial charge is 0.407 e. The Morgan fingerprint density at radius 2 is 1.33 bits per heavy atom. The molecule has 0 aliphatic heterocycles. The second-order valence-corrected chi connectivity index (χ2v) is 14.2. The Balaban J connectivity index is 2.37. The van der Waals surface area contributed by atoms with E-state index in [9.17, 15) is 0 Å². The topological polar surface area (TPSA) is 9.23 Å². The third-order valence-electron chi connectivity index (χ3n) is 5.42. The number of hydrogen-bond donors (Lipinski definition) is 0. The lowest BCUT2D eigenvalue weighted by molar-refractivity contribution is 0.266. The van der Waals surface area contributed by atoms with Gasteiger partial charge in [0.2, 0.25) is 0 Å². The number of rotatable bonds is 8. The fourth-order valence-electron chi connectivity index (χ4n) is 3.64. The molecular formula is C24H33BrOSi. The van der Waals surface area contributed by atoms with Gasteiger partial charge in [0.1, 0.15) is 0 Å². The van der Waals surface area contributed by atoms with E-state index in [4.69, 9.17) is 4.43 Å². The average molecular weight is 446 g/mol. The first-order valence-corrected chi connectivity index (χ1v) is 12.4. The van der Waals surface area contributed by atoms with E-state index in [-0.39, 0.29) is 10.5 Å². The first-order chi connectivity index (χ1) is 12.6. The molecule has 0 unspecified atom stereocenters. The van der Waals surface area contributed by atoms with Crippen molar-refractivity contribution in [2.45, 2.75) is 52.5 Å². The van der Waals surface area contributed by atoms with E-state index in [1.54, 1.807) is 0 Å². The third kappa shape index (κ3) is 5.01. The van der Waals surface area contributed by atoms with E-state index in [0.29, 0.717) is 0 Å². The monoisotopic (exact) mass is 444 g/mol. The molecular weight excluding hydrogens is 412 g/mol. The van der Waals surface area contributed by atoms with Gasteiger partial charge in [-0.15, -0.1) is 0 Å². The van der Waals surface area contributed by atoms with Crippen molar-refractivity contribution < 1.29 is 4.43 Å².